The number of piperazine rings is 1. The van der Waals surface area contributed by atoms with Crippen LogP contribution in [0.25, 0.3) is 0 Å². The van der Waals surface area contributed by atoms with Crippen molar-refractivity contribution in [1.29, 1.82) is 0 Å². The Morgan fingerprint density at radius 1 is 1.10 bits per heavy atom. The van der Waals surface area contributed by atoms with Crippen LogP contribution in [0.5, 0.6) is 0 Å². The minimum atomic E-state index is -3.59. The number of imidazole rings is 1. The molecular weight excluding hydrogens is 410 g/mol. The first-order chi connectivity index (χ1) is 14.8. The molecule has 168 valence electrons. The van der Waals surface area contributed by atoms with Crippen LogP contribution in [-0.2, 0) is 22.0 Å². The average molecular weight is 444 g/mol. The molecule has 3 aliphatic rings. The van der Waals surface area contributed by atoms with Crippen LogP contribution in [0.2, 0.25) is 0 Å². The van der Waals surface area contributed by atoms with E-state index < -0.39 is 10.0 Å². The van der Waals surface area contributed by atoms with Gasteiger partial charge in [0.2, 0.25) is 0 Å². The van der Waals surface area contributed by atoms with Gasteiger partial charge in [-0.2, -0.15) is 4.31 Å². The molecule has 0 spiro atoms. The molecule has 2 aliphatic heterocycles. The van der Waals surface area contributed by atoms with Crippen molar-refractivity contribution in [3.63, 3.8) is 0 Å². The molecule has 2 aromatic rings. The van der Waals surface area contributed by atoms with E-state index in [0.717, 1.165) is 37.8 Å². The van der Waals surface area contributed by atoms with Crippen LogP contribution in [0.15, 0.2) is 35.7 Å². The lowest BCUT2D eigenvalue weighted by molar-refractivity contribution is 0.187. The van der Waals surface area contributed by atoms with Crippen LogP contribution in [0, 0.1) is 0 Å². The molecule has 5 rings (SSSR count). The number of hydrogen-bond acceptors (Lipinski definition) is 5. The van der Waals surface area contributed by atoms with Crippen LogP contribution < -0.4 is 4.90 Å². The van der Waals surface area contributed by atoms with Gasteiger partial charge in [0.1, 0.15) is 0 Å². The van der Waals surface area contributed by atoms with E-state index in [1.54, 1.807) is 4.31 Å². The third-order valence-electron chi connectivity index (χ3n) is 7.35. The number of aromatic amines is 1. The molecule has 0 bridgehead atoms. The Hall–Kier alpha value is -1.90. The first kappa shape index (κ1) is 21.0. The van der Waals surface area contributed by atoms with E-state index >= 15 is 0 Å². The summed E-state index contributed by atoms with van der Waals surface area (Å²) in [4.78, 5) is 11.8. The monoisotopic (exact) mass is 443 g/mol. The normalized spacial score (nSPS) is 23.2. The molecule has 1 N–H and O–H groups in total. The largest absolute Gasteiger partial charge is 0.369 e. The number of nitrogens with zero attached hydrogens (tertiary/aromatic N) is 4. The summed E-state index contributed by atoms with van der Waals surface area (Å²) < 4.78 is 27.9. The zero-order valence-electron chi connectivity index (χ0n) is 18.5. The van der Waals surface area contributed by atoms with Gasteiger partial charge in [-0.1, -0.05) is 32.8 Å². The van der Waals surface area contributed by atoms with Gasteiger partial charge in [0, 0.05) is 56.4 Å². The SMILES string of the molecule is CC1(C)CN(S(=O)(=O)c2cnc[nH]2)Cc2cc(N3CCN(C4CCCC4)CC3)ccc21. The third-order valence-corrected chi connectivity index (χ3v) is 9.06. The number of hydrogen-bond donors (Lipinski definition) is 1. The molecule has 1 aliphatic carbocycles. The first-order valence-corrected chi connectivity index (χ1v) is 12.9. The summed E-state index contributed by atoms with van der Waals surface area (Å²) in [5.41, 5.74) is 3.31. The van der Waals surface area contributed by atoms with E-state index in [9.17, 15) is 8.42 Å². The maximum absolute atomic E-state index is 13.1. The summed E-state index contributed by atoms with van der Waals surface area (Å²) in [7, 11) is -3.59. The molecule has 0 unspecified atom stereocenters. The number of fused-ring (bicyclic) bond motifs is 1. The summed E-state index contributed by atoms with van der Waals surface area (Å²) >= 11 is 0. The van der Waals surface area contributed by atoms with Crippen LogP contribution in [0.4, 0.5) is 5.69 Å². The number of sulfonamides is 1. The van der Waals surface area contributed by atoms with Gasteiger partial charge in [-0.3, -0.25) is 4.90 Å². The Kier molecular flexibility index (Phi) is 5.35. The van der Waals surface area contributed by atoms with Gasteiger partial charge < -0.3 is 9.88 Å². The summed E-state index contributed by atoms with van der Waals surface area (Å²) in [6.07, 6.45) is 8.27. The van der Waals surface area contributed by atoms with Crippen LogP contribution in [-0.4, -0.2) is 66.4 Å². The van der Waals surface area contributed by atoms with Gasteiger partial charge in [0.05, 0.1) is 12.5 Å². The summed E-state index contributed by atoms with van der Waals surface area (Å²) in [5, 5.41) is 0.158. The van der Waals surface area contributed by atoms with Crippen molar-refractivity contribution >= 4 is 15.7 Å². The highest BCUT2D eigenvalue weighted by Gasteiger charge is 2.38. The van der Waals surface area contributed by atoms with Crippen LogP contribution >= 0.6 is 0 Å². The number of nitrogens with one attached hydrogen (secondary N) is 1. The summed E-state index contributed by atoms with van der Waals surface area (Å²) in [6.45, 7) is 9.42. The maximum atomic E-state index is 13.1. The van der Waals surface area contributed by atoms with Crippen molar-refractivity contribution in [2.45, 2.75) is 62.6 Å². The highest BCUT2D eigenvalue weighted by molar-refractivity contribution is 7.89. The van der Waals surface area contributed by atoms with Crippen LogP contribution in [0.1, 0.15) is 50.7 Å². The maximum Gasteiger partial charge on any atom is 0.260 e. The molecule has 0 atom stereocenters. The number of benzene rings is 1. The number of aromatic nitrogens is 2. The van der Waals surface area contributed by atoms with Crippen molar-refractivity contribution in [1.82, 2.24) is 19.2 Å². The lowest BCUT2D eigenvalue weighted by atomic mass is 9.79. The minimum Gasteiger partial charge on any atom is -0.369 e. The lowest BCUT2D eigenvalue weighted by Crippen LogP contribution is -2.50. The second kappa shape index (κ2) is 7.90. The molecule has 1 saturated carbocycles. The topological polar surface area (TPSA) is 72.5 Å². The predicted octanol–water partition coefficient (Wildman–Crippen LogP) is 2.96. The van der Waals surface area contributed by atoms with E-state index in [-0.39, 0.29) is 10.4 Å². The van der Waals surface area contributed by atoms with Gasteiger partial charge >= 0.3 is 0 Å². The van der Waals surface area contributed by atoms with E-state index in [2.05, 4.69) is 51.8 Å². The highest BCUT2D eigenvalue weighted by atomic mass is 32.2. The molecule has 0 amide bonds. The molecule has 8 heteroatoms. The Morgan fingerprint density at radius 2 is 1.84 bits per heavy atom. The second-order valence-electron chi connectivity index (χ2n) is 9.88. The molecular formula is C23H33N5O2S. The quantitative estimate of drug-likeness (QED) is 0.787. The molecule has 7 nitrogen and oxygen atoms in total. The zero-order valence-corrected chi connectivity index (χ0v) is 19.4. The van der Waals surface area contributed by atoms with Gasteiger partial charge in [-0.15, -0.1) is 0 Å². The van der Waals surface area contributed by atoms with E-state index in [1.165, 1.54) is 49.5 Å². The van der Waals surface area contributed by atoms with E-state index in [1.807, 2.05) is 0 Å². The summed E-state index contributed by atoms with van der Waals surface area (Å²) in [5.74, 6) is 0. The average Bonchev–Trinajstić information content (AvgIpc) is 3.47. The fourth-order valence-corrected chi connectivity index (χ4v) is 7.12. The van der Waals surface area contributed by atoms with Gasteiger partial charge in [0.25, 0.3) is 10.0 Å². The number of anilines is 1. The predicted molar refractivity (Wildman–Crippen MR) is 122 cm³/mol. The van der Waals surface area contributed by atoms with Crippen LogP contribution in [0.3, 0.4) is 0 Å². The Balaban J connectivity index is 1.36. The Labute approximate surface area is 185 Å². The zero-order chi connectivity index (χ0) is 21.6. The van der Waals surface area contributed by atoms with Gasteiger partial charge in [0.15, 0.2) is 5.03 Å². The van der Waals surface area contributed by atoms with E-state index in [4.69, 9.17) is 0 Å². The first-order valence-electron chi connectivity index (χ1n) is 11.5. The molecule has 2 fully saturated rings. The highest BCUT2D eigenvalue weighted by Crippen LogP contribution is 2.37. The van der Waals surface area contributed by atoms with Crippen molar-refractivity contribution in [3.05, 3.63) is 41.9 Å². The third kappa shape index (κ3) is 3.90. The molecule has 1 saturated heterocycles. The lowest BCUT2D eigenvalue weighted by Gasteiger charge is -2.41. The number of H-pyrrole nitrogens is 1. The van der Waals surface area contributed by atoms with Crippen molar-refractivity contribution in [3.8, 4) is 0 Å². The molecule has 3 heterocycles. The van der Waals surface area contributed by atoms with E-state index in [0.29, 0.717) is 13.1 Å². The Bertz CT molecular complexity index is 1020. The molecule has 31 heavy (non-hydrogen) atoms. The van der Waals surface area contributed by atoms with Crippen molar-refractivity contribution in [2.75, 3.05) is 37.6 Å². The van der Waals surface area contributed by atoms with Gasteiger partial charge in [-0.25, -0.2) is 13.4 Å². The Morgan fingerprint density at radius 3 is 2.52 bits per heavy atom. The standard InChI is InChI=1S/C23H33N5O2S/c1-23(2)16-28(31(29,30)22-14-24-17-25-22)15-18-13-20(7-8-21(18)23)27-11-9-26(10-12-27)19-5-3-4-6-19/h7-8,13-14,17,19H,3-6,9-12,15-16H2,1-2H3,(H,24,25). The molecule has 1 aromatic heterocycles. The molecule has 0 radical (unpaired) electrons. The van der Waals surface area contributed by atoms with Crippen molar-refractivity contribution in [2.24, 2.45) is 0 Å². The van der Waals surface area contributed by atoms with Crippen molar-refractivity contribution < 1.29 is 8.42 Å². The summed E-state index contributed by atoms with van der Waals surface area (Å²) in [6, 6.07) is 7.45. The second-order valence-corrected chi connectivity index (χ2v) is 11.8. The van der Waals surface area contributed by atoms with Gasteiger partial charge in [-0.05, 0) is 36.1 Å². The fraction of sp³-hybridized carbons (Fsp3) is 0.609. The number of rotatable bonds is 4. The minimum absolute atomic E-state index is 0.158. The molecule has 1 aromatic carbocycles. The smallest absolute Gasteiger partial charge is 0.260 e. The fourth-order valence-electron chi connectivity index (χ4n) is 5.65.